The largest absolute Gasteiger partial charge is 0.495 e. The molecule has 7 heteroatoms. The number of hydrogen-bond donors (Lipinski definition) is 2. The maximum atomic E-state index is 12.8. The molecule has 1 fully saturated rings. The summed E-state index contributed by atoms with van der Waals surface area (Å²) in [6.07, 6.45) is 1.62. The van der Waals surface area contributed by atoms with Gasteiger partial charge in [0.05, 0.1) is 30.2 Å². The molecular formula is C20H23N5O2. The summed E-state index contributed by atoms with van der Waals surface area (Å²) in [4.78, 5) is 24.6. The minimum Gasteiger partial charge on any atom is -0.495 e. The Hall–Kier alpha value is -3.06. The van der Waals surface area contributed by atoms with Crippen LogP contribution in [0, 0.1) is 0 Å². The topological polar surface area (TPSA) is 73.5 Å². The van der Waals surface area contributed by atoms with Crippen molar-refractivity contribution in [1.29, 1.82) is 0 Å². The Morgan fingerprint density at radius 1 is 1.15 bits per heavy atom. The molecule has 1 saturated heterocycles. The van der Waals surface area contributed by atoms with Crippen molar-refractivity contribution in [3.63, 3.8) is 0 Å². The molecule has 4 rings (SSSR count). The van der Waals surface area contributed by atoms with E-state index in [1.807, 2.05) is 24.3 Å². The Kier molecular flexibility index (Phi) is 4.68. The van der Waals surface area contributed by atoms with Crippen LogP contribution in [0.15, 0.2) is 42.7 Å². The number of H-pyrrole nitrogens is 1. The van der Waals surface area contributed by atoms with Gasteiger partial charge in [0.1, 0.15) is 5.75 Å². The highest BCUT2D eigenvalue weighted by atomic mass is 16.5. The first kappa shape index (κ1) is 17.4. The van der Waals surface area contributed by atoms with E-state index in [0.29, 0.717) is 17.0 Å². The van der Waals surface area contributed by atoms with E-state index in [9.17, 15) is 4.79 Å². The van der Waals surface area contributed by atoms with E-state index in [4.69, 9.17) is 4.74 Å². The highest BCUT2D eigenvalue weighted by Crippen LogP contribution is 2.30. The van der Waals surface area contributed by atoms with Crippen LogP contribution in [0.2, 0.25) is 0 Å². The fourth-order valence-electron chi connectivity index (χ4n) is 3.33. The van der Waals surface area contributed by atoms with Gasteiger partial charge in [0.2, 0.25) is 0 Å². The smallest absolute Gasteiger partial charge is 0.255 e. The number of nitrogens with zero attached hydrogens (tertiary/aromatic N) is 3. The molecule has 0 aliphatic carbocycles. The molecule has 0 spiro atoms. The fourth-order valence-corrected chi connectivity index (χ4v) is 3.33. The number of aromatic nitrogens is 2. The summed E-state index contributed by atoms with van der Waals surface area (Å²) in [5.74, 6) is 0.462. The van der Waals surface area contributed by atoms with Crippen LogP contribution in [0.4, 0.5) is 11.4 Å². The van der Waals surface area contributed by atoms with Crippen LogP contribution >= 0.6 is 0 Å². The van der Waals surface area contributed by atoms with Gasteiger partial charge in [0, 0.05) is 37.4 Å². The molecule has 1 aliphatic heterocycles. The summed E-state index contributed by atoms with van der Waals surface area (Å²) in [5, 5.41) is 2.99. The van der Waals surface area contributed by atoms with Crippen molar-refractivity contribution in [2.75, 3.05) is 50.6 Å². The van der Waals surface area contributed by atoms with E-state index in [-0.39, 0.29) is 5.91 Å². The van der Waals surface area contributed by atoms with Gasteiger partial charge >= 0.3 is 0 Å². The third-order valence-corrected chi connectivity index (χ3v) is 4.98. The van der Waals surface area contributed by atoms with Crippen LogP contribution in [0.3, 0.4) is 0 Å². The second-order valence-electron chi connectivity index (χ2n) is 6.76. The first-order chi connectivity index (χ1) is 13.1. The number of methoxy groups -OCH3 is 1. The number of carbonyl (C=O) groups excluding carboxylic acids is 1. The number of rotatable bonds is 4. The molecule has 27 heavy (non-hydrogen) atoms. The van der Waals surface area contributed by atoms with Crippen LogP contribution in [0.5, 0.6) is 5.75 Å². The molecule has 0 bridgehead atoms. The molecular weight excluding hydrogens is 342 g/mol. The van der Waals surface area contributed by atoms with Gasteiger partial charge in [-0.1, -0.05) is 0 Å². The predicted molar refractivity (Wildman–Crippen MR) is 107 cm³/mol. The molecule has 2 N–H and O–H groups in total. The standard InChI is InChI=1S/C20H23N5O2/c1-24-7-9-25(10-8-24)15-4-6-19(27-2)18(12-15)23-20(26)14-3-5-16-17(11-14)22-13-21-16/h3-6,11-13H,7-10H2,1-2H3,(H,21,22)(H,23,26). The van der Waals surface area contributed by atoms with E-state index in [2.05, 4.69) is 32.1 Å². The first-order valence-electron chi connectivity index (χ1n) is 9.00. The van der Waals surface area contributed by atoms with Gasteiger partial charge in [-0.05, 0) is 43.4 Å². The molecule has 1 amide bonds. The molecule has 1 aliphatic rings. The zero-order valence-corrected chi connectivity index (χ0v) is 15.5. The van der Waals surface area contributed by atoms with Crippen molar-refractivity contribution in [2.24, 2.45) is 0 Å². The SMILES string of the molecule is COc1ccc(N2CCN(C)CC2)cc1NC(=O)c1ccc2nc[nH]c2c1. The monoisotopic (exact) mass is 365 g/mol. The Labute approximate surface area is 157 Å². The summed E-state index contributed by atoms with van der Waals surface area (Å²) >= 11 is 0. The molecule has 2 aromatic carbocycles. The van der Waals surface area contributed by atoms with Crippen LogP contribution in [0.1, 0.15) is 10.4 Å². The van der Waals surface area contributed by atoms with Gasteiger partial charge in [-0.15, -0.1) is 0 Å². The lowest BCUT2D eigenvalue weighted by Crippen LogP contribution is -2.44. The summed E-state index contributed by atoms with van der Waals surface area (Å²) in [6, 6.07) is 11.3. The highest BCUT2D eigenvalue weighted by molar-refractivity contribution is 6.06. The molecule has 7 nitrogen and oxygen atoms in total. The van der Waals surface area contributed by atoms with E-state index >= 15 is 0 Å². The average Bonchev–Trinajstić information content (AvgIpc) is 3.16. The van der Waals surface area contributed by atoms with Crippen LogP contribution in [-0.2, 0) is 0 Å². The third-order valence-electron chi connectivity index (χ3n) is 4.98. The van der Waals surface area contributed by atoms with E-state index in [1.165, 1.54) is 0 Å². The summed E-state index contributed by atoms with van der Waals surface area (Å²) in [7, 11) is 3.74. The second-order valence-corrected chi connectivity index (χ2v) is 6.76. The number of carbonyl (C=O) groups is 1. The number of fused-ring (bicyclic) bond motifs is 1. The predicted octanol–water partition coefficient (Wildman–Crippen LogP) is 2.58. The normalized spacial score (nSPS) is 15.1. The van der Waals surface area contributed by atoms with Gasteiger partial charge in [-0.2, -0.15) is 0 Å². The number of benzene rings is 2. The molecule has 0 unspecified atom stereocenters. The zero-order valence-electron chi connectivity index (χ0n) is 15.5. The number of piperazine rings is 1. The molecule has 3 aromatic rings. The van der Waals surface area contributed by atoms with Crippen molar-refractivity contribution in [3.05, 3.63) is 48.3 Å². The number of anilines is 2. The Morgan fingerprint density at radius 3 is 2.74 bits per heavy atom. The highest BCUT2D eigenvalue weighted by Gasteiger charge is 2.17. The molecule has 140 valence electrons. The van der Waals surface area contributed by atoms with Crippen molar-refractivity contribution in [3.8, 4) is 5.75 Å². The van der Waals surface area contributed by atoms with Crippen molar-refractivity contribution < 1.29 is 9.53 Å². The molecule has 1 aromatic heterocycles. The number of amides is 1. The van der Waals surface area contributed by atoms with Gasteiger partial charge in [-0.3, -0.25) is 4.79 Å². The van der Waals surface area contributed by atoms with Crippen molar-refractivity contribution >= 4 is 28.3 Å². The lowest BCUT2D eigenvalue weighted by Gasteiger charge is -2.34. The Morgan fingerprint density at radius 2 is 1.96 bits per heavy atom. The zero-order chi connectivity index (χ0) is 18.8. The average molecular weight is 365 g/mol. The van der Waals surface area contributed by atoms with Gasteiger partial charge in [0.15, 0.2) is 0 Å². The van der Waals surface area contributed by atoms with E-state index in [1.54, 1.807) is 25.6 Å². The molecule has 0 atom stereocenters. The van der Waals surface area contributed by atoms with Gasteiger partial charge < -0.3 is 24.8 Å². The van der Waals surface area contributed by atoms with Gasteiger partial charge in [-0.25, -0.2) is 4.98 Å². The number of likely N-dealkylation sites (N-methyl/N-ethyl adjacent to an activating group) is 1. The fraction of sp³-hybridized carbons (Fsp3) is 0.300. The van der Waals surface area contributed by atoms with Crippen LogP contribution < -0.4 is 15.0 Å². The number of ether oxygens (including phenoxy) is 1. The van der Waals surface area contributed by atoms with E-state index < -0.39 is 0 Å². The maximum absolute atomic E-state index is 12.8. The molecule has 0 radical (unpaired) electrons. The quantitative estimate of drug-likeness (QED) is 0.743. The minimum atomic E-state index is -0.180. The second kappa shape index (κ2) is 7.28. The number of imidazole rings is 1. The minimum absolute atomic E-state index is 0.180. The summed E-state index contributed by atoms with van der Waals surface area (Å²) in [6.45, 7) is 3.98. The van der Waals surface area contributed by atoms with Gasteiger partial charge in [0.25, 0.3) is 5.91 Å². The van der Waals surface area contributed by atoms with Crippen LogP contribution in [-0.4, -0.2) is 61.1 Å². The summed E-state index contributed by atoms with van der Waals surface area (Å²) < 4.78 is 5.44. The van der Waals surface area contributed by atoms with Crippen molar-refractivity contribution in [1.82, 2.24) is 14.9 Å². The van der Waals surface area contributed by atoms with E-state index in [0.717, 1.165) is 42.9 Å². The molecule has 2 heterocycles. The lowest BCUT2D eigenvalue weighted by molar-refractivity contribution is 0.102. The number of nitrogens with one attached hydrogen (secondary N) is 2. The third kappa shape index (κ3) is 3.59. The maximum Gasteiger partial charge on any atom is 0.255 e. The number of aromatic amines is 1. The Balaban J connectivity index is 1.57. The molecule has 0 saturated carbocycles. The Bertz CT molecular complexity index is 960. The lowest BCUT2D eigenvalue weighted by atomic mass is 10.1. The first-order valence-corrected chi connectivity index (χ1v) is 9.00. The number of hydrogen-bond acceptors (Lipinski definition) is 5. The van der Waals surface area contributed by atoms with Crippen molar-refractivity contribution in [2.45, 2.75) is 0 Å². The summed E-state index contributed by atoms with van der Waals surface area (Å²) in [5.41, 5.74) is 3.99. The van der Waals surface area contributed by atoms with Crippen LogP contribution in [0.25, 0.3) is 11.0 Å².